The van der Waals surface area contributed by atoms with Gasteiger partial charge in [0.15, 0.2) is 0 Å². The summed E-state index contributed by atoms with van der Waals surface area (Å²) in [7, 11) is 0. The average Bonchev–Trinajstić information content (AvgIpc) is 2.78. The van der Waals surface area contributed by atoms with Crippen molar-refractivity contribution in [2.24, 2.45) is 5.92 Å². The molecule has 1 aliphatic rings. The summed E-state index contributed by atoms with van der Waals surface area (Å²) in [6.45, 7) is 0.651. The molecule has 0 radical (unpaired) electrons. The Hall–Kier alpha value is -1.95. The fraction of sp³-hybridized carbons (Fsp3) is 0.364. The molecule has 2 unspecified atom stereocenters. The third kappa shape index (κ3) is 2.26. The molecule has 1 saturated heterocycles. The molecule has 0 aromatic heterocycles. The van der Waals surface area contributed by atoms with Gasteiger partial charge in [0.1, 0.15) is 0 Å². The van der Waals surface area contributed by atoms with E-state index in [1.165, 1.54) is 12.1 Å². The summed E-state index contributed by atoms with van der Waals surface area (Å²) in [6.07, 6.45) is 0.580. The Morgan fingerprint density at radius 2 is 2.06 bits per heavy atom. The van der Waals surface area contributed by atoms with E-state index in [0.29, 0.717) is 13.0 Å². The van der Waals surface area contributed by atoms with Crippen molar-refractivity contribution in [2.75, 3.05) is 6.54 Å². The molecule has 0 bridgehead atoms. The lowest BCUT2D eigenvalue weighted by Crippen LogP contribution is -2.23. The number of non-ortho nitro benzene ring substituents is 1. The predicted molar refractivity (Wildman–Crippen MR) is 59.6 cm³/mol. The number of nitro benzene ring substituents is 1. The van der Waals surface area contributed by atoms with Crippen LogP contribution in [0.1, 0.15) is 18.0 Å². The average molecular weight is 236 g/mol. The monoisotopic (exact) mass is 236 g/mol. The second-order valence-corrected chi connectivity index (χ2v) is 4.01. The topological polar surface area (TPSA) is 92.5 Å². The fourth-order valence-corrected chi connectivity index (χ4v) is 2.12. The third-order valence-corrected chi connectivity index (χ3v) is 3.00. The van der Waals surface area contributed by atoms with Crippen molar-refractivity contribution in [3.05, 3.63) is 39.9 Å². The SMILES string of the molecule is O=C(O)C1CCNC1c1ccc([N+](=O)[O-])cc1. The summed E-state index contributed by atoms with van der Waals surface area (Å²) in [5, 5.41) is 22.6. The Labute approximate surface area is 97.4 Å². The van der Waals surface area contributed by atoms with Gasteiger partial charge in [-0.2, -0.15) is 0 Å². The molecule has 0 aliphatic carbocycles. The van der Waals surface area contributed by atoms with Crippen LogP contribution in [0.3, 0.4) is 0 Å². The first-order valence-electron chi connectivity index (χ1n) is 5.30. The van der Waals surface area contributed by atoms with Crippen molar-refractivity contribution in [1.29, 1.82) is 0 Å². The predicted octanol–water partition coefficient (Wildman–Crippen LogP) is 1.33. The molecule has 6 nitrogen and oxygen atoms in total. The minimum atomic E-state index is -0.835. The third-order valence-electron chi connectivity index (χ3n) is 3.00. The molecule has 1 aromatic rings. The first-order valence-corrected chi connectivity index (χ1v) is 5.30. The first kappa shape index (κ1) is 11.5. The number of rotatable bonds is 3. The second-order valence-electron chi connectivity index (χ2n) is 4.01. The van der Waals surface area contributed by atoms with E-state index in [9.17, 15) is 14.9 Å². The lowest BCUT2D eigenvalue weighted by Gasteiger charge is -2.15. The van der Waals surface area contributed by atoms with Gasteiger partial charge in [-0.1, -0.05) is 12.1 Å². The largest absolute Gasteiger partial charge is 0.481 e. The summed E-state index contributed by atoms with van der Waals surface area (Å²) in [5.41, 5.74) is 0.791. The normalized spacial score (nSPS) is 23.5. The molecular weight excluding hydrogens is 224 g/mol. The molecule has 2 N–H and O–H groups in total. The van der Waals surface area contributed by atoms with Crippen molar-refractivity contribution >= 4 is 11.7 Å². The van der Waals surface area contributed by atoms with Crippen LogP contribution >= 0.6 is 0 Å². The van der Waals surface area contributed by atoms with Crippen molar-refractivity contribution in [1.82, 2.24) is 5.32 Å². The van der Waals surface area contributed by atoms with Gasteiger partial charge in [0.2, 0.25) is 0 Å². The van der Waals surface area contributed by atoms with Gasteiger partial charge in [-0.25, -0.2) is 0 Å². The molecule has 1 fully saturated rings. The summed E-state index contributed by atoms with van der Waals surface area (Å²) < 4.78 is 0. The van der Waals surface area contributed by atoms with E-state index in [1.807, 2.05) is 0 Å². The van der Waals surface area contributed by atoms with Gasteiger partial charge in [0.25, 0.3) is 5.69 Å². The van der Waals surface area contributed by atoms with Crippen LogP contribution in [-0.2, 0) is 4.79 Å². The first-order chi connectivity index (χ1) is 8.09. The molecule has 1 heterocycles. The summed E-state index contributed by atoms with van der Waals surface area (Å²) >= 11 is 0. The van der Waals surface area contributed by atoms with E-state index in [-0.39, 0.29) is 11.7 Å². The van der Waals surface area contributed by atoms with Crippen LogP contribution in [-0.4, -0.2) is 22.5 Å². The van der Waals surface area contributed by atoms with Crippen molar-refractivity contribution in [2.45, 2.75) is 12.5 Å². The summed E-state index contributed by atoms with van der Waals surface area (Å²) in [4.78, 5) is 21.0. The smallest absolute Gasteiger partial charge is 0.308 e. The number of carboxylic acids is 1. The maximum Gasteiger partial charge on any atom is 0.308 e. The van der Waals surface area contributed by atoms with Gasteiger partial charge in [-0.3, -0.25) is 14.9 Å². The Balaban J connectivity index is 2.22. The number of carbonyl (C=O) groups is 1. The maximum absolute atomic E-state index is 11.0. The zero-order chi connectivity index (χ0) is 12.4. The van der Waals surface area contributed by atoms with Crippen LogP contribution < -0.4 is 5.32 Å². The van der Waals surface area contributed by atoms with Gasteiger partial charge in [0.05, 0.1) is 10.8 Å². The number of aliphatic carboxylic acids is 1. The molecule has 90 valence electrons. The van der Waals surface area contributed by atoms with Gasteiger partial charge >= 0.3 is 5.97 Å². The quantitative estimate of drug-likeness (QED) is 0.610. The molecule has 1 aromatic carbocycles. The van der Waals surface area contributed by atoms with E-state index in [2.05, 4.69) is 5.32 Å². The van der Waals surface area contributed by atoms with Gasteiger partial charge in [0, 0.05) is 18.2 Å². The lowest BCUT2D eigenvalue weighted by molar-refractivity contribution is -0.384. The molecule has 2 atom stereocenters. The van der Waals surface area contributed by atoms with Crippen LogP contribution in [0.15, 0.2) is 24.3 Å². The number of hydrogen-bond acceptors (Lipinski definition) is 4. The molecule has 0 spiro atoms. The Morgan fingerprint density at radius 3 is 2.59 bits per heavy atom. The van der Waals surface area contributed by atoms with E-state index >= 15 is 0 Å². The number of nitrogens with one attached hydrogen (secondary N) is 1. The highest BCUT2D eigenvalue weighted by atomic mass is 16.6. The number of nitro groups is 1. The van der Waals surface area contributed by atoms with E-state index in [1.54, 1.807) is 12.1 Å². The van der Waals surface area contributed by atoms with Gasteiger partial charge < -0.3 is 10.4 Å². The molecule has 1 aliphatic heterocycles. The number of benzene rings is 1. The molecule has 0 saturated carbocycles. The zero-order valence-electron chi connectivity index (χ0n) is 9.00. The minimum absolute atomic E-state index is 0.0126. The van der Waals surface area contributed by atoms with E-state index < -0.39 is 16.8 Å². The van der Waals surface area contributed by atoms with Crippen LogP contribution in [0.25, 0.3) is 0 Å². The molecule has 0 amide bonds. The van der Waals surface area contributed by atoms with Gasteiger partial charge in [-0.05, 0) is 18.5 Å². The van der Waals surface area contributed by atoms with Crippen molar-refractivity contribution in [3.63, 3.8) is 0 Å². The van der Waals surface area contributed by atoms with Crippen LogP contribution in [0, 0.1) is 16.0 Å². The van der Waals surface area contributed by atoms with E-state index in [0.717, 1.165) is 5.56 Å². The lowest BCUT2D eigenvalue weighted by atomic mass is 9.94. The maximum atomic E-state index is 11.0. The number of hydrogen-bond donors (Lipinski definition) is 2. The van der Waals surface area contributed by atoms with E-state index in [4.69, 9.17) is 5.11 Å². The Morgan fingerprint density at radius 1 is 1.41 bits per heavy atom. The molecule has 2 rings (SSSR count). The van der Waals surface area contributed by atoms with Crippen LogP contribution in [0.5, 0.6) is 0 Å². The van der Waals surface area contributed by atoms with Crippen molar-refractivity contribution < 1.29 is 14.8 Å². The van der Waals surface area contributed by atoms with Crippen LogP contribution in [0.2, 0.25) is 0 Å². The summed E-state index contributed by atoms with van der Waals surface area (Å²) in [6, 6.07) is 5.75. The Kier molecular flexibility index (Phi) is 3.06. The number of carboxylic acid groups (broad SMARTS) is 1. The highest BCUT2D eigenvalue weighted by Gasteiger charge is 2.33. The molecular formula is C11H12N2O4. The molecule has 6 heteroatoms. The zero-order valence-corrected chi connectivity index (χ0v) is 9.00. The Bertz CT molecular complexity index is 443. The molecule has 17 heavy (non-hydrogen) atoms. The summed E-state index contributed by atoms with van der Waals surface area (Å²) in [5.74, 6) is -1.30. The van der Waals surface area contributed by atoms with Gasteiger partial charge in [-0.15, -0.1) is 0 Å². The fourth-order valence-electron chi connectivity index (χ4n) is 2.12. The highest BCUT2D eigenvalue weighted by Crippen LogP contribution is 2.30. The van der Waals surface area contributed by atoms with Crippen molar-refractivity contribution in [3.8, 4) is 0 Å². The number of nitrogens with zero attached hydrogens (tertiary/aromatic N) is 1. The van der Waals surface area contributed by atoms with Crippen LogP contribution in [0.4, 0.5) is 5.69 Å². The highest BCUT2D eigenvalue weighted by molar-refractivity contribution is 5.71. The second kappa shape index (κ2) is 4.50. The standard InChI is InChI=1S/C11H12N2O4/c14-11(15)9-5-6-12-10(9)7-1-3-8(4-2-7)13(16)17/h1-4,9-10,12H,5-6H2,(H,14,15). The minimum Gasteiger partial charge on any atom is -0.481 e.